The van der Waals surface area contributed by atoms with Crippen molar-refractivity contribution in [2.75, 3.05) is 31.1 Å². The maximum Gasteiger partial charge on any atom is 0.347 e. The van der Waals surface area contributed by atoms with Gasteiger partial charge < -0.3 is 25.2 Å². The molecule has 5 rings (SSSR count). The molecular formula is C22H25Cl2N5O4S. The highest BCUT2D eigenvalue weighted by Gasteiger charge is 2.57. The minimum Gasteiger partial charge on any atom is -0.477 e. The van der Waals surface area contributed by atoms with E-state index in [1.165, 1.54) is 0 Å². The van der Waals surface area contributed by atoms with E-state index in [9.17, 15) is 19.5 Å². The summed E-state index contributed by atoms with van der Waals surface area (Å²) in [5.41, 5.74) is 1.24. The number of aromatic amines is 1. The van der Waals surface area contributed by atoms with Crippen LogP contribution in [-0.4, -0.2) is 70.0 Å². The number of H-pyrrole nitrogens is 1. The van der Waals surface area contributed by atoms with Gasteiger partial charge >= 0.3 is 5.97 Å². The molecule has 1 saturated carbocycles. The zero-order valence-corrected chi connectivity index (χ0v) is 20.9. The fraction of sp³-hybridized carbons (Fsp3) is 0.545. The third-order valence-corrected chi connectivity index (χ3v) is 9.04. The smallest absolute Gasteiger partial charge is 0.347 e. The molecule has 3 fully saturated rings. The molecule has 34 heavy (non-hydrogen) atoms. The summed E-state index contributed by atoms with van der Waals surface area (Å²) < 4.78 is 0. The number of carbonyl (C=O) groups is 3. The highest BCUT2D eigenvalue weighted by Crippen LogP contribution is 2.48. The van der Waals surface area contributed by atoms with Crippen LogP contribution in [0.25, 0.3) is 0 Å². The number of thiazole rings is 1. The quantitative estimate of drug-likeness (QED) is 0.532. The lowest BCUT2D eigenvalue weighted by molar-refractivity contribution is -0.131. The second-order valence-corrected chi connectivity index (χ2v) is 10.9. The third kappa shape index (κ3) is 4.27. The van der Waals surface area contributed by atoms with E-state index < -0.39 is 5.97 Å². The first kappa shape index (κ1) is 23.4. The second-order valence-electron chi connectivity index (χ2n) is 9.18. The van der Waals surface area contributed by atoms with Gasteiger partial charge in [0, 0.05) is 49.8 Å². The summed E-state index contributed by atoms with van der Waals surface area (Å²) >= 11 is 13.3. The predicted octanol–water partition coefficient (Wildman–Crippen LogP) is 3.20. The van der Waals surface area contributed by atoms with Gasteiger partial charge in [0.2, 0.25) is 5.91 Å². The van der Waals surface area contributed by atoms with Crippen molar-refractivity contribution in [1.29, 1.82) is 0 Å². The standard InChI is InChI=1S/C22H25Cl2N5O4S/c1-10-15(23)16(24)18(25-10)20(31)27-17-11-8-29(9-12(11)17)22-26-13(19(34-22)21(32)33)7-14(30)28-5-3-2-4-6-28/h11-12,17,25H,2-9H2,1H3,(H,27,31)(H,32,33)/t11-,12+,17+. The second kappa shape index (κ2) is 9.05. The molecule has 9 nitrogen and oxygen atoms in total. The van der Waals surface area contributed by atoms with Crippen LogP contribution in [0.15, 0.2) is 0 Å². The van der Waals surface area contributed by atoms with Gasteiger partial charge in [-0.1, -0.05) is 34.5 Å². The third-order valence-electron chi connectivity index (χ3n) is 6.95. The molecule has 2 saturated heterocycles. The van der Waals surface area contributed by atoms with Crippen molar-refractivity contribution in [3.63, 3.8) is 0 Å². The van der Waals surface area contributed by atoms with Crippen molar-refractivity contribution in [2.24, 2.45) is 11.8 Å². The fourth-order valence-corrected chi connectivity index (χ4v) is 6.36. The summed E-state index contributed by atoms with van der Waals surface area (Å²) in [4.78, 5) is 48.5. The number of anilines is 1. The Balaban J connectivity index is 1.21. The molecule has 0 bridgehead atoms. The Morgan fingerprint density at radius 1 is 1.15 bits per heavy atom. The Kier molecular flexibility index (Phi) is 6.24. The zero-order valence-electron chi connectivity index (χ0n) is 18.6. The van der Waals surface area contributed by atoms with Crippen molar-refractivity contribution in [3.8, 4) is 0 Å². The van der Waals surface area contributed by atoms with Gasteiger partial charge in [-0.05, 0) is 26.2 Å². The monoisotopic (exact) mass is 525 g/mol. The number of nitrogens with zero attached hydrogens (tertiary/aromatic N) is 3. The van der Waals surface area contributed by atoms with Crippen molar-refractivity contribution in [2.45, 2.75) is 38.6 Å². The van der Waals surface area contributed by atoms with Crippen LogP contribution in [0.1, 0.15) is 50.8 Å². The Bertz CT molecular complexity index is 1150. The molecule has 2 amide bonds. The van der Waals surface area contributed by atoms with Gasteiger partial charge in [0.15, 0.2) is 5.13 Å². The Morgan fingerprint density at radius 3 is 2.41 bits per heavy atom. The van der Waals surface area contributed by atoms with E-state index in [2.05, 4.69) is 15.3 Å². The number of carboxylic acids is 1. The highest BCUT2D eigenvalue weighted by molar-refractivity contribution is 7.17. The van der Waals surface area contributed by atoms with Crippen LogP contribution in [-0.2, 0) is 11.2 Å². The molecule has 3 aliphatic rings. The molecule has 182 valence electrons. The summed E-state index contributed by atoms with van der Waals surface area (Å²) in [6.07, 6.45) is 3.10. The number of fused-ring (bicyclic) bond motifs is 1. The van der Waals surface area contributed by atoms with Crippen LogP contribution in [0.4, 0.5) is 5.13 Å². The molecule has 2 aliphatic heterocycles. The largest absolute Gasteiger partial charge is 0.477 e. The molecule has 1 aliphatic carbocycles. The van der Waals surface area contributed by atoms with E-state index in [0.717, 1.165) is 43.7 Å². The summed E-state index contributed by atoms with van der Waals surface area (Å²) in [6.45, 7) is 4.53. The predicted molar refractivity (Wildman–Crippen MR) is 129 cm³/mol. The first-order chi connectivity index (χ1) is 16.2. The van der Waals surface area contributed by atoms with Gasteiger partial charge in [-0.25, -0.2) is 9.78 Å². The van der Waals surface area contributed by atoms with Crippen molar-refractivity contribution in [3.05, 3.63) is 32.0 Å². The van der Waals surface area contributed by atoms with Crippen LogP contribution < -0.4 is 10.2 Å². The van der Waals surface area contributed by atoms with Gasteiger partial charge in [-0.15, -0.1) is 0 Å². The molecule has 0 spiro atoms. The summed E-state index contributed by atoms with van der Waals surface area (Å²) in [6, 6.07) is 0.0289. The number of carboxylic acid groups (broad SMARTS) is 1. The van der Waals surface area contributed by atoms with Crippen LogP contribution in [0.3, 0.4) is 0 Å². The fourth-order valence-electron chi connectivity index (χ4n) is 5.01. The minimum atomic E-state index is -1.06. The molecule has 2 aromatic heterocycles. The van der Waals surface area contributed by atoms with Crippen molar-refractivity contribution in [1.82, 2.24) is 20.2 Å². The number of carbonyl (C=O) groups excluding carboxylic acids is 2. The van der Waals surface area contributed by atoms with Gasteiger partial charge in [-0.2, -0.15) is 0 Å². The van der Waals surface area contributed by atoms with Gasteiger partial charge in [0.05, 0.1) is 22.2 Å². The molecular weight excluding hydrogens is 501 g/mol. The summed E-state index contributed by atoms with van der Waals surface area (Å²) in [5, 5.41) is 13.9. The number of rotatable bonds is 6. The normalized spacial score (nSPS) is 23.7. The van der Waals surface area contributed by atoms with E-state index >= 15 is 0 Å². The topological polar surface area (TPSA) is 119 Å². The average Bonchev–Trinajstić information content (AvgIpc) is 3.19. The number of piperidine rings is 2. The number of aromatic carboxylic acids is 1. The maximum absolute atomic E-state index is 12.7. The van der Waals surface area contributed by atoms with E-state index in [0.29, 0.717) is 34.6 Å². The number of aromatic nitrogens is 2. The lowest BCUT2D eigenvalue weighted by atomic mass is 10.1. The molecule has 12 heteroatoms. The van der Waals surface area contributed by atoms with Crippen molar-refractivity contribution >= 4 is 57.5 Å². The van der Waals surface area contributed by atoms with Gasteiger partial charge in [-0.3, -0.25) is 9.59 Å². The van der Waals surface area contributed by atoms with Crippen LogP contribution in [0.5, 0.6) is 0 Å². The Morgan fingerprint density at radius 2 is 1.82 bits per heavy atom. The Labute approximate surface area is 210 Å². The lowest BCUT2D eigenvalue weighted by Gasteiger charge is -2.26. The Hall–Kier alpha value is -2.30. The van der Waals surface area contributed by atoms with E-state index in [-0.39, 0.29) is 51.7 Å². The van der Waals surface area contributed by atoms with E-state index in [1.54, 1.807) is 11.8 Å². The van der Waals surface area contributed by atoms with Crippen LogP contribution in [0, 0.1) is 18.8 Å². The number of nitrogens with one attached hydrogen (secondary N) is 2. The lowest BCUT2D eigenvalue weighted by Crippen LogP contribution is -2.37. The summed E-state index contributed by atoms with van der Waals surface area (Å²) in [7, 11) is 0. The zero-order chi connectivity index (χ0) is 24.1. The molecule has 3 N–H and O–H groups in total. The minimum absolute atomic E-state index is 0.0103. The maximum atomic E-state index is 12.7. The molecule has 2 aromatic rings. The number of likely N-dealkylation sites (tertiary alicyclic amines) is 1. The molecule has 0 aromatic carbocycles. The average molecular weight is 526 g/mol. The van der Waals surface area contributed by atoms with E-state index in [1.807, 2.05) is 4.90 Å². The molecule has 3 atom stereocenters. The molecule has 0 radical (unpaired) electrons. The van der Waals surface area contributed by atoms with E-state index in [4.69, 9.17) is 23.2 Å². The number of hydrogen-bond donors (Lipinski definition) is 3. The first-order valence-corrected chi connectivity index (χ1v) is 12.9. The summed E-state index contributed by atoms with van der Waals surface area (Å²) in [5.74, 6) is -0.900. The van der Waals surface area contributed by atoms with Crippen LogP contribution >= 0.6 is 34.5 Å². The molecule has 4 heterocycles. The number of aryl methyl sites for hydroxylation is 1. The first-order valence-electron chi connectivity index (χ1n) is 11.3. The van der Waals surface area contributed by atoms with Gasteiger partial charge in [0.1, 0.15) is 10.6 Å². The van der Waals surface area contributed by atoms with Crippen LogP contribution in [0.2, 0.25) is 10.0 Å². The molecule has 0 unspecified atom stereocenters. The van der Waals surface area contributed by atoms with Gasteiger partial charge in [0.25, 0.3) is 5.91 Å². The number of hydrogen-bond acceptors (Lipinski definition) is 6. The van der Waals surface area contributed by atoms with Crippen molar-refractivity contribution < 1.29 is 19.5 Å². The highest BCUT2D eigenvalue weighted by atomic mass is 35.5. The number of halogens is 2. The number of amides is 2. The SMILES string of the molecule is Cc1[nH]c(C(=O)N[C@H]2[C@@H]3CN(c4nc(CC(=O)N5CCCCC5)c(C(=O)O)s4)C[C@@H]32)c(Cl)c1Cl.